The summed E-state index contributed by atoms with van der Waals surface area (Å²) in [6, 6.07) is 9.25. The number of benzene rings is 1. The lowest BCUT2D eigenvalue weighted by atomic mass is 10.1. The molecule has 0 N–H and O–H groups in total. The molecule has 1 aromatic heterocycles. The maximum atomic E-state index is 11.9. The summed E-state index contributed by atoms with van der Waals surface area (Å²) < 4.78 is 35.8. The molecule has 2 aromatic rings. The summed E-state index contributed by atoms with van der Waals surface area (Å²) in [5, 5.41) is 0. The molecule has 4 heteroatoms. The summed E-state index contributed by atoms with van der Waals surface area (Å²) in [7, 11) is 0. The van der Waals surface area contributed by atoms with Crippen molar-refractivity contribution in [3.8, 4) is 0 Å². The molecule has 0 aliphatic rings. The molecule has 0 aliphatic heterocycles. The Hall–Kier alpha value is -2.10. The van der Waals surface area contributed by atoms with Crippen molar-refractivity contribution in [2.45, 2.75) is 106 Å². The van der Waals surface area contributed by atoms with Gasteiger partial charge < -0.3 is 0 Å². The minimum Gasteiger partial charge on any atom is -0.261 e. The Kier molecular flexibility index (Phi) is 20.5. The number of aromatic nitrogens is 1. The number of aryl methyl sites for hydroxylation is 3. The Morgan fingerprint density at radius 1 is 0.848 bits per heavy atom. The lowest BCUT2D eigenvalue weighted by Gasteiger charge is -2.05. The molecule has 0 bridgehead atoms. The van der Waals surface area contributed by atoms with Crippen LogP contribution in [-0.4, -0.2) is 4.98 Å². The molecule has 0 radical (unpaired) electrons. The number of rotatable bonds is 7. The van der Waals surface area contributed by atoms with Crippen molar-refractivity contribution in [2.24, 2.45) is 0 Å². The van der Waals surface area contributed by atoms with Gasteiger partial charge >= 0.3 is 6.18 Å². The highest BCUT2D eigenvalue weighted by atomic mass is 19.4. The first-order valence-corrected chi connectivity index (χ1v) is 12.3. The summed E-state index contributed by atoms with van der Waals surface area (Å²) >= 11 is 0. The van der Waals surface area contributed by atoms with Gasteiger partial charge in [0.05, 0.1) is 5.56 Å². The number of pyridine rings is 1. The molecule has 0 fully saturated rings. The SMILES string of the molecule is C=C(CC)CCC.CCCC.CCCc1cccnc1CC.Cc1ccc(C(F)(F)F)cc1. The second kappa shape index (κ2) is 20.5. The highest BCUT2D eigenvalue weighted by molar-refractivity contribution is 5.23. The van der Waals surface area contributed by atoms with Gasteiger partial charge in [-0.3, -0.25) is 4.98 Å². The fourth-order valence-corrected chi connectivity index (χ4v) is 2.56. The van der Waals surface area contributed by atoms with E-state index in [0.29, 0.717) is 0 Å². The van der Waals surface area contributed by atoms with E-state index < -0.39 is 11.7 Å². The molecular formula is C29H46F3N. The molecule has 188 valence electrons. The summed E-state index contributed by atoms with van der Waals surface area (Å²) in [6.07, 6.45) is 7.31. The highest BCUT2D eigenvalue weighted by Crippen LogP contribution is 2.28. The Balaban J connectivity index is 0. The maximum Gasteiger partial charge on any atom is 0.416 e. The van der Waals surface area contributed by atoms with E-state index in [-0.39, 0.29) is 0 Å². The number of hydrogen-bond acceptors (Lipinski definition) is 1. The van der Waals surface area contributed by atoms with Gasteiger partial charge in [-0.25, -0.2) is 0 Å². The highest BCUT2D eigenvalue weighted by Gasteiger charge is 2.29. The van der Waals surface area contributed by atoms with Gasteiger partial charge in [0.15, 0.2) is 0 Å². The van der Waals surface area contributed by atoms with E-state index in [1.54, 1.807) is 6.92 Å². The van der Waals surface area contributed by atoms with Gasteiger partial charge in [0.2, 0.25) is 0 Å². The summed E-state index contributed by atoms with van der Waals surface area (Å²) in [5.41, 5.74) is 4.29. The first-order chi connectivity index (χ1) is 15.6. The zero-order chi connectivity index (χ0) is 25.7. The number of hydrogen-bond donors (Lipinski definition) is 0. The van der Waals surface area contributed by atoms with E-state index in [4.69, 9.17) is 0 Å². The second-order valence-corrected chi connectivity index (χ2v) is 7.93. The van der Waals surface area contributed by atoms with Crippen molar-refractivity contribution in [1.29, 1.82) is 0 Å². The van der Waals surface area contributed by atoms with E-state index in [0.717, 1.165) is 37.0 Å². The van der Waals surface area contributed by atoms with Crippen molar-refractivity contribution in [3.05, 3.63) is 77.1 Å². The maximum absolute atomic E-state index is 11.9. The molecule has 0 saturated carbocycles. The Morgan fingerprint density at radius 3 is 1.79 bits per heavy atom. The molecule has 0 spiro atoms. The Bertz CT molecular complexity index is 716. The molecule has 1 aromatic carbocycles. The largest absolute Gasteiger partial charge is 0.416 e. The summed E-state index contributed by atoms with van der Waals surface area (Å²) in [4.78, 5) is 4.32. The molecule has 1 nitrogen and oxygen atoms in total. The smallest absolute Gasteiger partial charge is 0.261 e. The quantitative estimate of drug-likeness (QED) is 0.371. The van der Waals surface area contributed by atoms with Crippen molar-refractivity contribution in [2.75, 3.05) is 0 Å². The number of alkyl halides is 3. The zero-order valence-electron chi connectivity index (χ0n) is 22.0. The van der Waals surface area contributed by atoms with Gasteiger partial charge in [0, 0.05) is 11.9 Å². The van der Waals surface area contributed by atoms with E-state index >= 15 is 0 Å². The number of allylic oxidation sites excluding steroid dienone is 1. The van der Waals surface area contributed by atoms with Gasteiger partial charge in [-0.05, 0) is 56.4 Å². The van der Waals surface area contributed by atoms with E-state index in [9.17, 15) is 13.2 Å². The van der Waals surface area contributed by atoms with Crippen LogP contribution in [0.5, 0.6) is 0 Å². The van der Waals surface area contributed by atoms with Crippen LogP contribution in [-0.2, 0) is 19.0 Å². The third-order valence-electron chi connectivity index (χ3n) is 4.82. The van der Waals surface area contributed by atoms with Gasteiger partial charge in [-0.15, -0.1) is 0 Å². The summed E-state index contributed by atoms with van der Waals surface area (Å²) in [6.45, 7) is 18.7. The fourth-order valence-electron chi connectivity index (χ4n) is 2.56. The summed E-state index contributed by atoms with van der Waals surface area (Å²) in [5.74, 6) is 0. The minimum atomic E-state index is -4.21. The minimum absolute atomic E-state index is 0.594. The number of nitrogens with zero attached hydrogens (tertiary/aromatic N) is 1. The van der Waals surface area contributed by atoms with Crippen LogP contribution in [0.4, 0.5) is 13.2 Å². The van der Waals surface area contributed by atoms with Crippen molar-refractivity contribution in [3.63, 3.8) is 0 Å². The van der Waals surface area contributed by atoms with Crippen molar-refractivity contribution < 1.29 is 13.2 Å². The number of unbranched alkanes of at least 4 members (excludes halogenated alkanes) is 1. The Labute approximate surface area is 201 Å². The van der Waals surface area contributed by atoms with Gasteiger partial charge in [-0.1, -0.05) is 103 Å². The topological polar surface area (TPSA) is 12.9 Å². The normalized spacial score (nSPS) is 10.0. The molecule has 0 unspecified atom stereocenters. The molecule has 0 saturated heterocycles. The van der Waals surface area contributed by atoms with E-state index in [1.807, 2.05) is 12.3 Å². The van der Waals surface area contributed by atoms with Crippen LogP contribution in [0, 0.1) is 6.92 Å². The van der Waals surface area contributed by atoms with Crippen LogP contribution >= 0.6 is 0 Å². The van der Waals surface area contributed by atoms with Crippen LogP contribution in [0.2, 0.25) is 0 Å². The molecule has 33 heavy (non-hydrogen) atoms. The average Bonchev–Trinajstić information content (AvgIpc) is 2.80. The standard InChI is InChI=1S/C10H15N.C8H7F3.C7H14.C4H10/c1-3-6-9-7-5-8-11-10(9)4-2;1-6-2-4-7(5-3-6)8(9,10)11;1-4-6-7(3)5-2;1-3-4-2/h5,7-8H,3-4,6H2,1-2H3;2-5H,1H3;3-6H2,1-2H3;3-4H2,1-2H3. The molecule has 0 aliphatic carbocycles. The molecular weight excluding hydrogens is 419 g/mol. The van der Waals surface area contributed by atoms with Gasteiger partial charge in [-0.2, -0.15) is 13.2 Å². The van der Waals surface area contributed by atoms with Crippen LogP contribution in [0.3, 0.4) is 0 Å². The van der Waals surface area contributed by atoms with Crippen LogP contribution in [0.15, 0.2) is 54.7 Å². The monoisotopic (exact) mass is 465 g/mol. The molecule has 1 heterocycles. The van der Waals surface area contributed by atoms with Crippen LogP contribution in [0.1, 0.15) is 102 Å². The second-order valence-electron chi connectivity index (χ2n) is 7.93. The van der Waals surface area contributed by atoms with Crippen molar-refractivity contribution >= 4 is 0 Å². The first-order valence-electron chi connectivity index (χ1n) is 12.3. The zero-order valence-corrected chi connectivity index (χ0v) is 22.0. The molecule has 0 atom stereocenters. The van der Waals surface area contributed by atoms with E-state index in [2.05, 4.69) is 59.2 Å². The first kappa shape index (κ1) is 33.1. The van der Waals surface area contributed by atoms with E-state index in [1.165, 1.54) is 61.1 Å². The van der Waals surface area contributed by atoms with Gasteiger partial charge in [0.25, 0.3) is 0 Å². The van der Waals surface area contributed by atoms with Crippen molar-refractivity contribution in [1.82, 2.24) is 4.98 Å². The van der Waals surface area contributed by atoms with Gasteiger partial charge in [0.1, 0.15) is 0 Å². The lowest BCUT2D eigenvalue weighted by Crippen LogP contribution is -2.03. The fraction of sp³-hybridized carbons (Fsp3) is 0.552. The number of halogens is 3. The predicted octanol–water partition coefficient (Wildman–Crippen LogP) is 10.2. The molecule has 0 amide bonds. The lowest BCUT2D eigenvalue weighted by molar-refractivity contribution is -0.137. The third-order valence-corrected chi connectivity index (χ3v) is 4.82. The van der Waals surface area contributed by atoms with Crippen LogP contribution < -0.4 is 0 Å². The average molecular weight is 466 g/mol. The Morgan fingerprint density at radius 2 is 1.42 bits per heavy atom. The third kappa shape index (κ3) is 18.1. The van der Waals surface area contributed by atoms with Crippen LogP contribution in [0.25, 0.3) is 0 Å². The molecule has 2 rings (SSSR count). The predicted molar refractivity (Wildman–Crippen MR) is 139 cm³/mol.